The Morgan fingerprint density at radius 2 is 1.76 bits per heavy atom. The molecule has 3 aliphatic rings. The lowest BCUT2D eigenvalue weighted by Crippen LogP contribution is -2.57. The van der Waals surface area contributed by atoms with E-state index >= 15 is 0 Å². The number of nitrogens with zero attached hydrogens (tertiary/aromatic N) is 4. The first kappa shape index (κ1) is 25.3. The van der Waals surface area contributed by atoms with Crippen molar-refractivity contribution in [3.05, 3.63) is 74.9 Å². The van der Waals surface area contributed by atoms with Crippen LogP contribution in [0.1, 0.15) is 31.2 Å². The van der Waals surface area contributed by atoms with Gasteiger partial charge in [0.05, 0.1) is 9.83 Å². The molecular weight excluding hydrogens is 495 g/mol. The van der Waals surface area contributed by atoms with Crippen molar-refractivity contribution < 1.29 is 18.9 Å². The van der Waals surface area contributed by atoms with E-state index in [1.165, 1.54) is 30.0 Å². The van der Waals surface area contributed by atoms with E-state index in [1.807, 2.05) is 0 Å². The second-order valence-electron chi connectivity index (χ2n) is 9.61. The van der Waals surface area contributed by atoms with Crippen molar-refractivity contribution >= 4 is 41.0 Å². The summed E-state index contributed by atoms with van der Waals surface area (Å²) in [5, 5.41) is 11.1. The van der Waals surface area contributed by atoms with Gasteiger partial charge in [-0.2, -0.15) is 0 Å². The Balaban J connectivity index is 1.26. The average Bonchev–Trinajstić information content (AvgIpc) is 2.92. The van der Waals surface area contributed by atoms with Crippen LogP contribution < -0.4 is 4.90 Å². The molecule has 0 radical (unpaired) electrons. The summed E-state index contributed by atoms with van der Waals surface area (Å²) in [5.41, 5.74) is 1.31. The van der Waals surface area contributed by atoms with E-state index < -0.39 is 4.92 Å². The maximum atomic E-state index is 14.3. The van der Waals surface area contributed by atoms with Crippen LogP contribution in [-0.4, -0.2) is 70.6 Å². The molecule has 3 fully saturated rings. The van der Waals surface area contributed by atoms with Crippen molar-refractivity contribution in [3.63, 3.8) is 0 Å². The third-order valence-corrected chi connectivity index (χ3v) is 8.77. The molecule has 2 aliphatic heterocycles. The highest BCUT2D eigenvalue weighted by molar-refractivity contribution is 8.04. The molecule has 2 aromatic carbocycles. The monoisotopic (exact) mass is 524 g/mol. The van der Waals surface area contributed by atoms with Gasteiger partial charge in [0.2, 0.25) is 5.91 Å². The van der Waals surface area contributed by atoms with Gasteiger partial charge in [-0.3, -0.25) is 19.7 Å². The lowest BCUT2D eigenvalue weighted by atomic mass is 9.93. The zero-order valence-electron chi connectivity index (χ0n) is 20.4. The van der Waals surface area contributed by atoms with Crippen molar-refractivity contribution in [2.45, 2.75) is 37.0 Å². The fourth-order valence-corrected chi connectivity index (χ4v) is 6.80. The van der Waals surface area contributed by atoms with E-state index in [4.69, 9.17) is 0 Å². The first-order valence-corrected chi connectivity index (χ1v) is 13.5. The van der Waals surface area contributed by atoms with Crippen LogP contribution in [-0.2, 0) is 9.59 Å². The molecule has 194 valence electrons. The molecule has 2 aromatic rings. The number of benzene rings is 2. The molecule has 2 unspecified atom stereocenters. The molecule has 2 amide bonds. The van der Waals surface area contributed by atoms with Crippen LogP contribution >= 0.6 is 11.8 Å². The van der Waals surface area contributed by atoms with Crippen molar-refractivity contribution in [2.24, 2.45) is 0 Å². The van der Waals surface area contributed by atoms with Gasteiger partial charge >= 0.3 is 0 Å². The number of non-ortho nitro benzene ring substituents is 1. The number of amides is 2. The molecule has 1 aliphatic carbocycles. The van der Waals surface area contributed by atoms with Crippen molar-refractivity contribution in [3.8, 4) is 0 Å². The minimum atomic E-state index is -0.422. The van der Waals surface area contributed by atoms with Gasteiger partial charge in [0.1, 0.15) is 12.4 Å². The number of thioether (sulfide) groups is 1. The first-order valence-electron chi connectivity index (χ1n) is 12.6. The predicted octanol–water partition coefficient (Wildman–Crippen LogP) is 4.31. The highest BCUT2D eigenvalue weighted by Crippen LogP contribution is 2.42. The number of halogens is 1. The van der Waals surface area contributed by atoms with Crippen LogP contribution in [0.15, 0.2) is 53.4 Å². The fourth-order valence-electron chi connectivity index (χ4n) is 5.34. The van der Waals surface area contributed by atoms with Gasteiger partial charge in [0, 0.05) is 60.9 Å². The quantitative estimate of drug-likeness (QED) is 0.329. The number of nitro groups is 1. The summed E-state index contributed by atoms with van der Waals surface area (Å²) >= 11 is 1.52. The number of hydrogen-bond acceptors (Lipinski definition) is 6. The highest BCUT2D eigenvalue weighted by Gasteiger charge is 2.42. The van der Waals surface area contributed by atoms with E-state index in [1.54, 1.807) is 46.2 Å². The van der Waals surface area contributed by atoms with Crippen LogP contribution in [0.5, 0.6) is 0 Å². The fraction of sp³-hybridized carbons (Fsp3) is 0.407. The van der Waals surface area contributed by atoms with Crippen LogP contribution in [0.4, 0.5) is 15.8 Å². The van der Waals surface area contributed by atoms with Gasteiger partial charge < -0.3 is 14.7 Å². The zero-order valence-corrected chi connectivity index (χ0v) is 21.2. The topological polar surface area (TPSA) is 87.0 Å². The van der Waals surface area contributed by atoms with Gasteiger partial charge in [0.25, 0.3) is 11.6 Å². The molecule has 2 atom stereocenters. The Kier molecular flexibility index (Phi) is 7.45. The Morgan fingerprint density at radius 1 is 1.05 bits per heavy atom. The van der Waals surface area contributed by atoms with Crippen LogP contribution in [0.3, 0.4) is 0 Å². The molecule has 37 heavy (non-hydrogen) atoms. The van der Waals surface area contributed by atoms with Crippen molar-refractivity contribution in [1.82, 2.24) is 9.80 Å². The number of anilines is 1. The van der Waals surface area contributed by atoms with Gasteiger partial charge in [0.15, 0.2) is 0 Å². The van der Waals surface area contributed by atoms with Crippen LogP contribution in [0.25, 0.3) is 6.08 Å². The lowest BCUT2D eigenvalue weighted by Gasteiger charge is -2.45. The molecule has 1 saturated carbocycles. The summed E-state index contributed by atoms with van der Waals surface area (Å²) in [6.07, 6.45) is 5.57. The van der Waals surface area contributed by atoms with E-state index in [2.05, 4.69) is 4.90 Å². The lowest BCUT2D eigenvalue weighted by molar-refractivity contribution is -0.384. The maximum absolute atomic E-state index is 14.3. The highest BCUT2D eigenvalue weighted by atomic mass is 32.2. The minimum Gasteiger partial charge on any atom is -0.368 e. The van der Waals surface area contributed by atoms with Crippen molar-refractivity contribution in [1.29, 1.82) is 0 Å². The largest absolute Gasteiger partial charge is 0.368 e. The molecule has 5 rings (SSSR count). The predicted molar refractivity (Wildman–Crippen MR) is 142 cm³/mol. The number of nitro benzene ring substituents is 1. The molecule has 0 spiro atoms. The van der Waals surface area contributed by atoms with Gasteiger partial charge in [-0.25, -0.2) is 4.39 Å². The number of fused-ring (bicyclic) bond motifs is 1. The smallest absolute Gasteiger partial charge is 0.269 e. The zero-order chi connectivity index (χ0) is 25.9. The maximum Gasteiger partial charge on any atom is 0.269 e. The molecule has 0 bridgehead atoms. The van der Waals surface area contributed by atoms with Crippen LogP contribution in [0, 0.1) is 15.9 Å². The van der Waals surface area contributed by atoms with Gasteiger partial charge in [-0.05, 0) is 37.1 Å². The summed E-state index contributed by atoms with van der Waals surface area (Å²) in [4.78, 5) is 43.4. The van der Waals surface area contributed by atoms with E-state index in [-0.39, 0.29) is 41.2 Å². The first-order chi connectivity index (χ1) is 17.9. The Labute approximate surface area is 219 Å². The van der Waals surface area contributed by atoms with E-state index in [0.29, 0.717) is 36.6 Å². The third kappa shape index (κ3) is 5.49. The summed E-state index contributed by atoms with van der Waals surface area (Å²) in [6, 6.07) is 12.8. The molecule has 0 N–H and O–H groups in total. The normalized spacial score (nSPS) is 23.2. The second-order valence-corrected chi connectivity index (χ2v) is 10.9. The number of carbonyl (C=O) groups is 2. The van der Waals surface area contributed by atoms with E-state index in [0.717, 1.165) is 31.4 Å². The Bertz CT molecular complexity index is 1210. The Hall–Kier alpha value is -3.40. The van der Waals surface area contributed by atoms with Gasteiger partial charge in [-0.15, -0.1) is 11.8 Å². The van der Waals surface area contributed by atoms with E-state index in [9.17, 15) is 24.1 Å². The standard InChI is InChI=1S/C27H29FN4O4S/c28-22-6-2-1-5-19(22)17-25-27(34)31(23-7-3-4-8-24(23)37-25)18-26(33)30-15-13-29(14-16-30)20-9-11-21(12-10-20)32(35)36/h1-2,5-6,9-12,17,23-24H,3-4,7-8,13-16,18H2/b25-17-. The number of rotatable bonds is 5. The molecular formula is C27H29FN4O4S. The summed E-state index contributed by atoms with van der Waals surface area (Å²) in [6.45, 7) is 2.26. The van der Waals surface area contributed by atoms with Crippen LogP contribution in [0.2, 0.25) is 0 Å². The van der Waals surface area contributed by atoms with Crippen molar-refractivity contribution in [2.75, 3.05) is 37.6 Å². The number of hydrogen-bond donors (Lipinski definition) is 0. The summed E-state index contributed by atoms with van der Waals surface area (Å²) in [5.74, 6) is -0.657. The molecule has 0 aromatic heterocycles. The molecule has 2 heterocycles. The Morgan fingerprint density at radius 3 is 2.46 bits per heavy atom. The number of piperazine rings is 1. The summed E-state index contributed by atoms with van der Waals surface area (Å²) in [7, 11) is 0. The molecule has 2 saturated heterocycles. The third-order valence-electron chi connectivity index (χ3n) is 7.37. The summed E-state index contributed by atoms with van der Waals surface area (Å²) < 4.78 is 14.3. The molecule has 10 heteroatoms. The second kappa shape index (κ2) is 10.9. The number of carbonyl (C=O) groups excluding carboxylic acids is 2. The average molecular weight is 525 g/mol. The molecule has 8 nitrogen and oxygen atoms in total. The van der Waals surface area contributed by atoms with Gasteiger partial charge in [-0.1, -0.05) is 31.0 Å². The SMILES string of the molecule is O=C(CN1C(=O)/C(=C/c2ccccc2F)SC2CCCCC21)N1CCN(c2ccc([N+](=O)[O-])cc2)CC1. The minimum absolute atomic E-state index is 0.00867.